The normalized spacial score (nSPS) is 26.8. The van der Waals surface area contributed by atoms with Crippen molar-refractivity contribution < 1.29 is 0 Å². The highest BCUT2D eigenvalue weighted by Crippen LogP contribution is 2.34. The number of hydrogen-bond acceptors (Lipinski definition) is 2. The van der Waals surface area contributed by atoms with Crippen LogP contribution in [0.15, 0.2) is 0 Å². The zero-order chi connectivity index (χ0) is 9.68. The van der Waals surface area contributed by atoms with Gasteiger partial charge in [-0.1, -0.05) is 13.3 Å². The molecule has 0 aliphatic heterocycles. The van der Waals surface area contributed by atoms with Gasteiger partial charge in [0, 0.05) is 6.04 Å². The van der Waals surface area contributed by atoms with Crippen LogP contribution in [0.5, 0.6) is 0 Å². The molecular weight excluding hydrogens is 160 g/mol. The summed E-state index contributed by atoms with van der Waals surface area (Å²) in [6.07, 6.45) is 5.48. The van der Waals surface area contributed by atoms with E-state index in [1.807, 2.05) is 0 Å². The molecule has 1 saturated carbocycles. The van der Waals surface area contributed by atoms with Crippen molar-refractivity contribution >= 4 is 0 Å². The molecule has 0 aromatic carbocycles. The molecule has 0 spiro atoms. The topological polar surface area (TPSA) is 15.3 Å². The number of nitrogens with zero attached hydrogens (tertiary/aromatic N) is 1. The molecule has 1 fully saturated rings. The molecule has 0 amide bonds. The summed E-state index contributed by atoms with van der Waals surface area (Å²) in [7, 11) is 4.27. The average Bonchev–Trinajstić information content (AvgIpc) is 2.78. The van der Waals surface area contributed by atoms with Gasteiger partial charge >= 0.3 is 0 Å². The standard InChI is InChI=1S/C11H24N2/c1-4-6-10-9-11(10)12-7-5-8-13(2)3/h10-12H,4-9H2,1-3H3. The van der Waals surface area contributed by atoms with Crippen LogP contribution in [0.1, 0.15) is 32.6 Å². The van der Waals surface area contributed by atoms with Gasteiger partial charge in [0.15, 0.2) is 0 Å². The summed E-state index contributed by atoms with van der Waals surface area (Å²) < 4.78 is 0. The van der Waals surface area contributed by atoms with Crippen LogP contribution in [0.3, 0.4) is 0 Å². The third-order valence-corrected chi connectivity index (χ3v) is 2.77. The van der Waals surface area contributed by atoms with Crippen molar-refractivity contribution in [2.45, 2.75) is 38.6 Å². The molecule has 0 aromatic heterocycles. The van der Waals surface area contributed by atoms with Gasteiger partial charge < -0.3 is 10.2 Å². The van der Waals surface area contributed by atoms with E-state index in [1.54, 1.807) is 0 Å². The van der Waals surface area contributed by atoms with Crippen LogP contribution in [0.4, 0.5) is 0 Å². The molecule has 0 aromatic rings. The minimum absolute atomic E-state index is 0.863. The summed E-state index contributed by atoms with van der Waals surface area (Å²) in [5.41, 5.74) is 0. The summed E-state index contributed by atoms with van der Waals surface area (Å²) in [5.74, 6) is 1.00. The Morgan fingerprint density at radius 1 is 1.38 bits per heavy atom. The SMILES string of the molecule is CCCC1CC1NCCCN(C)C. The van der Waals surface area contributed by atoms with Gasteiger partial charge in [-0.15, -0.1) is 0 Å². The largest absolute Gasteiger partial charge is 0.314 e. The molecule has 0 saturated heterocycles. The van der Waals surface area contributed by atoms with Crippen LogP contribution in [-0.4, -0.2) is 38.1 Å². The van der Waals surface area contributed by atoms with E-state index in [0.717, 1.165) is 12.0 Å². The Morgan fingerprint density at radius 2 is 2.15 bits per heavy atom. The molecule has 2 unspecified atom stereocenters. The van der Waals surface area contributed by atoms with Crippen LogP contribution in [0.2, 0.25) is 0 Å². The smallest absolute Gasteiger partial charge is 0.00991 e. The molecule has 0 radical (unpaired) electrons. The Bertz CT molecular complexity index is 134. The number of nitrogens with one attached hydrogen (secondary N) is 1. The summed E-state index contributed by atoms with van der Waals surface area (Å²) in [5, 5.41) is 3.62. The summed E-state index contributed by atoms with van der Waals surface area (Å²) in [4.78, 5) is 2.25. The first-order chi connectivity index (χ1) is 6.24. The van der Waals surface area contributed by atoms with E-state index in [9.17, 15) is 0 Å². The first-order valence-corrected chi connectivity index (χ1v) is 5.62. The fourth-order valence-corrected chi connectivity index (χ4v) is 1.87. The van der Waals surface area contributed by atoms with Crippen molar-refractivity contribution in [3.05, 3.63) is 0 Å². The van der Waals surface area contributed by atoms with Gasteiger partial charge in [-0.2, -0.15) is 0 Å². The van der Waals surface area contributed by atoms with Crippen LogP contribution < -0.4 is 5.32 Å². The first kappa shape index (κ1) is 11.0. The van der Waals surface area contributed by atoms with E-state index in [-0.39, 0.29) is 0 Å². The highest BCUT2D eigenvalue weighted by Gasteiger charge is 2.34. The Labute approximate surface area is 82.7 Å². The fourth-order valence-electron chi connectivity index (χ4n) is 1.87. The highest BCUT2D eigenvalue weighted by atomic mass is 15.1. The maximum Gasteiger partial charge on any atom is 0.00991 e. The molecule has 1 aliphatic rings. The van der Waals surface area contributed by atoms with Crippen LogP contribution in [-0.2, 0) is 0 Å². The second-order valence-electron chi connectivity index (χ2n) is 4.50. The molecule has 2 atom stereocenters. The van der Waals surface area contributed by atoms with Crippen molar-refractivity contribution in [1.82, 2.24) is 10.2 Å². The molecule has 1 rings (SSSR count). The molecule has 2 heteroatoms. The van der Waals surface area contributed by atoms with Gasteiger partial charge in [0.2, 0.25) is 0 Å². The highest BCUT2D eigenvalue weighted by molar-refractivity contribution is 4.92. The first-order valence-electron chi connectivity index (χ1n) is 5.62. The quantitative estimate of drug-likeness (QED) is 0.606. The molecule has 1 aliphatic carbocycles. The number of rotatable bonds is 7. The van der Waals surface area contributed by atoms with E-state index in [0.29, 0.717) is 0 Å². The van der Waals surface area contributed by atoms with Crippen molar-refractivity contribution in [3.63, 3.8) is 0 Å². The lowest BCUT2D eigenvalue weighted by atomic mass is 10.2. The Hall–Kier alpha value is -0.0800. The molecule has 13 heavy (non-hydrogen) atoms. The minimum Gasteiger partial charge on any atom is -0.314 e. The third kappa shape index (κ3) is 4.63. The summed E-state index contributed by atoms with van der Waals surface area (Å²) >= 11 is 0. The lowest BCUT2D eigenvalue weighted by Gasteiger charge is -2.09. The summed E-state index contributed by atoms with van der Waals surface area (Å²) in [6, 6.07) is 0.863. The maximum absolute atomic E-state index is 3.62. The molecule has 0 bridgehead atoms. The van der Waals surface area contributed by atoms with Gasteiger partial charge in [0.05, 0.1) is 0 Å². The summed E-state index contributed by atoms with van der Waals surface area (Å²) in [6.45, 7) is 4.68. The van der Waals surface area contributed by atoms with Gasteiger partial charge in [0.1, 0.15) is 0 Å². The fraction of sp³-hybridized carbons (Fsp3) is 1.00. The lowest BCUT2D eigenvalue weighted by molar-refractivity contribution is 0.393. The van der Waals surface area contributed by atoms with Gasteiger partial charge in [0.25, 0.3) is 0 Å². The minimum atomic E-state index is 0.863. The maximum atomic E-state index is 3.62. The third-order valence-electron chi connectivity index (χ3n) is 2.77. The second kappa shape index (κ2) is 5.61. The average molecular weight is 184 g/mol. The van der Waals surface area contributed by atoms with E-state index < -0.39 is 0 Å². The monoisotopic (exact) mass is 184 g/mol. The predicted molar refractivity (Wildman–Crippen MR) is 58.0 cm³/mol. The Balaban J connectivity index is 1.85. The van der Waals surface area contributed by atoms with Crippen molar-refractivity contribution in [1.29, 1.82) is 0 Å². The predicted octanol–water partition coefficient (Wildman–Crippen LogP) is 1.72. The van der Waals surface area contributed by atoms with Crippen molar-refractivity contribution in [2.24, 2.45) is 5.92 Å². The van der Waals surface area contributed by atoms with Crippen LogP contribution >= 0.6 is 0 Å². The Kier molecular flexibility index (Phi) is 4.74. The zero-order valence-electron chi connectivity index (χ0n) is 9.34. The number of hydrogen-bond donors (Lipinski definition) is 1. The van der Waals surface area contributed by atoms with Crippen molar-refractivity contribution in [3.8, 4) is 0 Å². The van der Waals surface area contributed by atoms with Gasteiger partial charge in [-0.3, -0.25) is 0 Å². The molecule has 78 valence electrons. The molecule has 1 N–H and O–H groups in total. The van der Waals surface area contributed by atoms with Gasteiger partial charge in [-0.05, 0) is 52.4 Å². The molecular formula is C11H24N2. The van der Waals surface area contributed by atoms with E-state index in [2.05, 4.69) is 31.2 Å². The van der Waals surface area contributed by atoms with Crippen LogP contribution in [0, 0.1) is 5.92 Å². The Morgan fingerprint density at radius 3 is 2.77 bits per heavy atom. The van der Waals surface area contributed by atoms with E-state index in [4.69, 9.17) is 0 Å². The lowest BCUT2D eigenvalue weighted by Crippen LogP contribution is -2.23. The molecule has 0 heterocycles. The van der Waals surface area contributed by atoms with Crippen molar-refractivity contribution in [2.75, 3.05) is 27.2 Å². The second-order valence-corrected chi connectivity index (χ2v) is 4.50. The van der Waals surface area contributed by atoms with Crippen LogP contribution in [0.25, 0.3) is 0 Å². The zero-order valence-corrected chi connectivity index (χ0v) is 9.34. The van der Waals surface area contributed by atoms with E-state index >= 15 is 0 Å². The molecule has 2 nitrogen and oxygen atoms in total. The van der Waals surface area contributed by atoms with Gasteiger partial charge in [-0.25, -0.2) is 0 Å². The van der Waals surface area contributed by atoms with E-state index in [1.165, 1.54) is 38.8 Å².